The average Bonchev–Trinajstić information content (AvgIpc) is 3.26. The third-order valence-corrected chi connectivity index (χ3v) is 5.53. The monoisotopic (exact) mass is 448 g/mol. The summed E-state index contributed by atoms with van der Waals surface area (Å²) in [5.41, 5.74) is 2.15. The third-order valence-electron chi connectivity index (χ3n) is 4.97. The Labute approximate surface area is 186 Å². The van der Waals surface area contributed by atoms with Gasteiger partial charge in [-0.25, -0.2) is 9.18 Å². The summed E-state index contributed by atoms with van der Waals surface area (Å²) in [7, 11) is 1.33. The van der Waals surface area contributed by atoms with E-state index in [1.807, 2.05) is 6.07 Å². The van der Waals surface area contributed by atoms with Gasteiger partial charge in [-0.05, 0) is 41.5 Å². The number of hydrogen-bond acceptors (Lipinski definition) is 6. The van der Waals surface area contributed by atoms with Crippen LogP contribution in [-0.4, -0.2) is 32.7 Å². The van der Waals surface area contributed by atoms with Crippen molar-refractivity contribution in [3.05, 3.63) is 94.8 Å². The van der Waals surface area contributed by atoms with Crippen LogP contribution in [-0.2, 0) is 11.2 Å². The molecule has 0 atom stereocenters. The fourth-order valence-electron chi connectivity index (χ4n) is 3.43. The Morgan fingerprint density at radius 1 is 0.969 bits per heavy atom. The fourth-order valence-corrected chi connectivity index (χ4v) is 3.95. The summed E-state index contributed by atoms with van der Waals surface area (Å²) in [6, 6.07) is 17.7. The molecule has 0 aliphatic carbocycles. The van der Waals surface area contributed by atoms with Gasteiger partial charge in [-0.15, -0.1) is 0 Å². The van der Waals surface area contributed by atoms with Crippen LogP contribution in [0.1, 0.15) is 21.5 Å². The molecule has 3 aromatic carbocycles. The maximum Gasteiger partial charge on any atom is 0.336 e. The first kappa shape index (κ1) is 21.3. The largest absolute Gasteiger partial charge is 0.494 e. The zero-order valence-electron chi connectivity index (χ0n) is 16.9. The van der Waals surface area contributed by atoms with Gasteiger partial charge in [0.1, 0.15) is 11.0 Å². The van der Waals surface area contributed by atoms with Gasteiger partial charge in [0.25, 0.3) is 0 Å². The molecule has 6 nitrogen and oxygen atoms in total. The van der Waals surface area contributed by atoms with E-state index in [9.17, 15) is 19.1 Å². The molecule has 0 fully saturated rings. The van der Waals surface area contributed by atoms with Gasteiger partial charge in [0.05, 0.1) is 24.4 Å². The molecule has 1 N–H and O–H groups in total. The number of halogens is 1. The Morgan fingerprint density at radius 2 is 1.69 bits per heavy atom. The maximum absolute atomic E-state index is 14.3. The van der Waals surface area contributed by atoms with E-state index in [0.717, 1.165) is 23.4 Å². The molecule has 4 rings (SSSR count). The molecule has 0 saturated heterocycles. The predicted molar refractivity (Wildman–Crippen MR) is 119 cm³/mol. The molecular weight excluding hydrogens is 431 g/mol. The van der Waals surface area contributed by atoms with Gasteiger partial charge >= 0.3 is 5.97 Å². The van der Waals surface area contributed by atoms with Crippen molar-refractivity contribution < 1.29 is 23.8 Å². The second kappa shape index (κ2) is 9.07. The number of allylic oxidation sites excluding steroid dienone is 1. The maximum atomic E-state index is 14.3. The average molecular weight is 448 g/mol. The Bertz CT molecular complexity index is 1350. The zero-order chi connectivity index (χ0) is 22.7. The molecule has 32 heavy (non-hydrogen) atoms. The summed E-state index contributed by atoms with van der Waals surface area (Å²) < 4.78 is 27.5. The van der Waals surface area contributed by atoms with Crippen molar-refractivity contribution in [2.45, 2.75) is 6.42 Å². The first-order valence-electron chi connectivity index (χ1n) is 9.59. The SMILES string of the molecule is COc1ccc(C(=O)/C(Cc2ccccc2)=C(/C(=O)O)c2ccc3nsnc3c2)cc1F. The zero-order valence-corrected chi connectivity index (χ0v) is 17.7. The second-order valence-electron chi connectivity index (χ2n) is 6.97. The second-order valence-corrected chi connectivity index (χ2v) is 7.50. The van der Waals surface area contributed by atoms with E-state index >= 15 is 0 Å². The van der Waals surface area contributed by atoms with Crippen LogP contribution in [0.2, 0.25) is 0 Å². The van der Waals surface area contributed by atoms with Crippen LogP contribution in [0.4, 0.5) is 4.39 Å². The van der Waals surface area contributed by atoms with Gasteiger partial charge < -0.3 is 9.84 Å². The lowest BCUT2D eigenvalue weighted by Crippen LogP contribution is -2.14. The highest BCUT2D eigenvalue weighted by Crippen LogP contribution is 2.29. The van der Waals surface area contributed by atoms with Crippen LogP contribution in [0, 0.1) is 5.82 Å². The molecular formula is C24H17FN2O4S. The number of aromatic nitrogens is 2. The van der Waals surface area contributed by atoms with Gasteiger partial charge in [0.15, 0.2) is 17.3 Å². The van der Waals surface area contributed by atoms with Crippen LogP contribution in [0.15, 0.2) is 72.3 Å². The van der Waals surface area contributed by atoms with Crippen molar-refractivity contribution in [2.75, 3.05) is 7.11 Å². The van der Waals surface area contributed by atoms with E-state index in [1.54, 1.807) is 42.5 Å². The van der Waals surface area contributed by atoms with Crippen LogP contribution < -0.4 is 4.74 Å². The molecule has 0 amide bonds. The number of ether oxygens (including phenoxy) is 1. The molecule has 0 unspecified atom stereocenters. The Kier molecular flexibility index (Phi) is 6.04. The number of nitrogens with zero attached hydrogens (tertiary/aromatic N) is 2. The van der Waals surface area contributed by atoms with Crippen LogP contribution >= 0.6 is 11.7 Å². The number of hydrogen-bond donors (Lipinski definition) is 1. The minimum absolute atomic E-state index is 0.00455. The van der Waals surface area contributed by atoms with Gasteiger partial charge in [0, 0.05) is 17.6 Å². The van der Waals surface area contributed by atoms with Crippen molar-refractivity contribution in [1.82, 2.24) is 8.75 Å². The van der Waals surface area contributed by atoms with Gasteiger partial charge in [-0.1, -0.05) is 36.4 Å². The number of methoxy groups -OCH3 is 1. The number of fused-ring (bicyclic) bond motifs is 1. The number of carboxylic acids is 1. The molecule has 4 aromatic rings. The summed E-state index contributed by atoms with van der Waals surface area (Å²) in [5, 5.41) is 10.1. The number of benzene rings is 3. The number of aliphatic carboxylic acids is 1. The first-order chi connectivity index (χ1) is 15.5. The van der Waals surface area contributed by atoms with Crippen molar-refractivity contribution >= 4 is 40.1 Å². The highest BCUT2D eigenvalue weighted by molar-refractivity contribution is 7.00. The number of rotatable bonds is 7. The van der Waals surface area contributed by atoms with E-state index in [2.05, 4.69) is 8.75 Å². The highest BCUT2D eigenvalue weighted by atomic mass is 32.1. The molecule has 160 valence electrons. The molecule has 0 aliphatic heterocycles. The van der Waals surface area contributed by atoms with E-state index < -0.39 is 17.6 Å². The lowest BCUT2D eigenvalue weighted by atomic mass is 9.89. The molecule has 1 aromatic heterocycles. The number of carbonyl (C=O) groups excluding carboxylic acids is 1. The summed E-state index contributed by atoms with van der Waals surface area (Å²) in [6.07, 6.45) is 0.0578. The fraction of sp³-hybridized carbons (Fsp3) is 0.0833. The van der Waals surface area contributed by atoms with Crippen molar-refractivity contribution in [2.24, 2.45) is 0 Å². The Hall–Kier alpha value is -3.91. The lowest BCUT2D eigenvalue weighted by Gasteiger charge is -2.14. The van der Waals surface area contributed by atoms with Crippen LogP contribution in [0.3, 0.4) is 0 Å². The van der Waals surface area contributed by atoms with Crippen LogP contribution in [0.25, 0.3) is 16.6 Å². The van der Waals surface area contributed by atoms with Crippen molar-refractivity contribution in [3.8, 4) is 5.75 Å². The topological polar surface area (TPSA) is 89.4 Å². The molecule has 8 heteroatoms. The number of carboxylic acid groups (broad SMARTS) is 1. The van der Waals surface area contributed by atoms with E-state index in [4.69, 9.17) is 4.74 Å². The van der Waals surface area contributed by atoms with E-state index in [0.29, 0.717) is 16.6 Å². The molecule has 0 aliphatic rings. The van der Waals surface area contributed by atoms with Gasteiger partial charge in [0.2, 0.25) is 0 Å². The predicted octanol–water partition coefficient (Wildman–Crippen LogP) is 4.80. The molecule has 1 heterocycles. The molecule has 0 bridgehead atoms. The summed E-state index contributed by atoms with van der Waals surface area (Å²) in [6.45, 7) is 0. The van der Waals surface area contributed by atoms with Crippen molar-refractivity contribution in [3.63, 3.8) is 0 Å². The summed E-state index contributed by atoms with van der Waals surface area (Å²) in [5.74, 6) is -2.55. The standard InChI is InChI=1S/C24H17FN2O4S/c1-31-21-10-8-16(12-18(21)25)23(28)17(11-14-5-3-2-4-6-14)22(24(29)30)15-7-9-19-20(13-15)27-32-26-19/h2-10,12-13H,11H2,1H3,(H,29,30)/b22-17+. The molecule has 0 radical (unpaired) electrons. The minimum Gasteiger partial charge on any atom is -0.494 e. The van der Waals surface area contributed by atoms with Gasteiger partial charge in [-0.2, -0.15) is 8.75 Å². The smallest absolute Gasteiger partial charge is 0.336 e. The van der Waals surface area contributed by atoms with Crippen molar-refractivity contribution in [1.29, 1.82) is 0 Å². The number of Topliss-reactive ketones (excluding diaryl/α,β-unsaturated/α-hetero) is 1. The highest BCUT2D eigenvalue weighted by Gasteiger charge is 2.25. The Morgan fingerprint density at radius 3 is 2.38 bits per heavy atom. The molecule has 0 spiro atoms. The minimum atomic E-state index is -1.26. The normalized spacial score (nSPS) is 11.8. The third kappa shape index (κ3) is 4.26. The van der Waals surface area contributed by atoms with E-state index in [-0.39, 0.29) is 28.9 Å². The summed E-state index contributed by atoms with van der Waals surface area (Å²) in [4.78, 5) is 25.9. The quantitative estimate of drug-likeness (QED) is 0.323. The van der Waals surface area contributed by atoms with Gasteiger partial charge in [-0.3, -0.25) is 4.79 Å². The van der Waals surface area contributed by atoms with E-state index in [1.165, 1.54) is 19.2 Å². The summed E-state index contributed by atoms with van der Waals surface area (Å²) >= 11 is 1.02. The number of carbonyl (C=O) groups is 2. The first-order valence-corrected chi connectivity index (χ1v) is 10.3. The van der Waals surface area contributed by atoms with Crippen LogP contribution in [0.5, 0.6) is 5.75 Å². The lowest BCUT2D eigenvalue weighted by molar-refractivity contribution is -0.130. The Balaban J connectivity index is 1.91. The molecule has 0 saturated carbocycles. The number of ketones is 1.